The normalized spacial score (nSPS) is 10.9. The van der Waals surface area contributed by atoms with Crippen molar-refractivity contribution in [1.29, 1.82) is 0 Å². The molecule has 20 heavy (non-hydrogen) atoms. The van der Waals surface area contributed by atoms with Gasteiger partial charge in [-0.2, -0.15) is 0 Å². The zero-order chi connectivity index (χ0) is 14.3. The predicted octanol–water partition coefficient (Wildman–Crippen LogP) is 4.40. The van der Waals surface area contributed by atoms with E-state index in [1.165, 1.54) is 11.1 Å². The van der Waals surface area contributed by atoms with E-state index in [0.29, 0.717) is 0 Å². The van der Waals surface area contributed by atoms with Crippen molar-refractivity contribution in [1.82, 2.24) is 0 Å². The molecular formula is C17H18N2O. The van der Waals surface area contributed by atoms with E-state index in [1.807, 2.05) is 31.3 Å². The van der Waals surface area contributed by atoms with E-state index in [4.69, 9.17) is 10.2 Å². The minimum atomic E-state index is 0.779. The molecule has 2 N–H and O–H groups in total. The van der Waals surface area contributed by atoms with Crippen LogP contribution in [0, 0.1) is 13.8 Å². The summed E-state index contributed by atoms with van der Waals surface area (Å²) in [6, 6.07) is 12.1. The number of nitrogens with two attached hydrogens (primary N) is 1. The van der Waals surface area contributed by atoms with Crippen molar-refractivity contribution in [3.8, 4) is 0 Å². The van der Waals surface area contributed by atoms with Gasteiger partial charge in [0.2, 0.25) is 0 Å². The van der Waals surface area contributed by atoms with Gasteiger partial charge in [-0.25, -0.2) is 0 Å². The number of furan rings is 1. The maximum Gasteiger partial charge on any atom is 0.136 e. The van der Waals surface area contributed by atoms with Crippen LogP contribution in [-0.2, 0) is 0 Å². The standard InChI is InChI=1S/C17H18N2O/c1-11-8-14(18)15(9-12(11)2)19(3)16-10-20-17-7-5-4-6-13(16)17/h4-10H,18H2,1-3H3. The minimum absolute atomic E-state index is 0.779. The third-order valence-corrected chi connectivity index (χ3v) is 3.83. The van der Waals surface area contributed by atoms with Crippen LogP contribution in [0.4, 0.5) is 17.1 Å². The Morgan fingerprint density at radius 2 is 1.70 bits per heavy atom. The average molecular weight is 266 g/mol. The summed E-state index contributed by atoms with van der Waals surface area (Å²) in [7, 11) is 2.01. The highest BCUT2D eigenvalue weighted by Gasteiger charge is 2.14. The van der Waals surface area contributed by atoms with Crippen molar-refractivity contribution in [2.24, 2.45) is 0 Å². The number of aryl methyl sites for hydroxylation is 2. The molecule has 1 aromatic heterocycles. The molecule has 0 bridgehead atoms. The Hall–Kier alpha value is -2.42. The lowest BCUT2D eigenvalue weighted by Crippen LogP contribution is -2.11. The van der Waals surface area contributed by atoms with E-state index >= 15 is 0 Å². The Labute approximate surface area is 118 Å². The molecule has 0 aliphatic heterocycles. The number of hydrogen-bond donors (Lipinski definition) is 1. The second-order valence-corrected chi connectivity index (χ2v) is 5.17. The first kappa shape index (κ1) is 12.6. The fourth-order valence-corrected chi connectivity index (χ4v) is 2.47. The van der Waals surface area contributed by atoms with E-state index in [-0.39, 0.29) is 0 Å². The van der Waals surface area contributed by atoms with Crippen LogP contribution in [0.5, 0.6) is 0 Å². The van der Waals surface area contributed by atoms with Crippen molar-refractivity contribution >= 4 is 28.0 Å². The molecular weight excluding hydrogens is 248 g/mol. The number of nitrogens with zero attached hydrogens (tertiary/aromatic N) is 1. The molecule has 3 aromatic rings. The number of rotatable bonds is 2. The first-order valence-corrected chi connectivity index (χ1v) is 6.64. The fourth-order valence-electron chi connectivity index (χ4n) is 2.47. The Morgan fingerprint density at radius 1 is 1.00 bits per heavy atom. The summed E-state index contributed by atoms with van der Waals surface area (Å²) in [5.41, 5.74) is 12.3. The SMILES string of the molecule is Cc1cc(N)c(N(C)c2coc3ccccc23)cc1C. The molecule has 0 radical (unpaired) electrons. The first-order valence-electron chi connectivity index (χ1n) is 6.64. The Kier molecular flexibility index (Phi) is 2.90. The molecule has 3 heteroatoms. The van der Waals surface area contributed by atoms with Gasteiger partial charge in [0.05, 0.1) is 17.1 Å². The highest BCUT2D eigenvalue weighted by molar-refractivity contribution is 5.94. The van der Waals surface area contributed by atoms with Gasteiger partial charge in [0.15, 0.2) is 0 Å². The molecule has 0 unspecified atom stereocenters. The molecule has 0 saturated heterocycles. The van der Waals surface area contributed by atoms with Crippen molar-refractivity contribution in [3.63, 3.8) is 0 Å². The monoisotopic (exact) mass is 266 g/mol. The Balaban J connectivity index is 2.13. The van der Waals surface area contributed by atoms with Gasteiger partial charge in [-0.1, -0.05) is 12.1 Å². The Morgan fingerprint density at radius 3 is 2.50 bits per heavy atom. The molecule has 0 spiro atoms. The quantitative estimate of drug-likeness (QED) is 0.699. The molecule has 0 saturated carbocycles. The van der Waals surface area contributed by atoms with Gasteiger partial charge in [0.1, 0.15) is 11.8 Å². The summed E-state index contributed by atoms with van der Waals surface area (Å²) in [6.07, 6.45) is 1.78. The zero-order valence-corrected chi connectivity index (χ0v) is 12.0. The molecule has 2 aromatic carbocycles. The van der Waals surface area contributed by atoms with Crippen LogP contribution in [0.2, 0.25) is 0 Å². The lowest BCUT2D eigenvalue weighted by Gasteiger charge is -2.21. The zero-order valence-electron chi connectivity index (χ0n) is 12.0. The summed E-state index contributed by atoms with van der Waals surface area (Å²) in [5, 5.41) is 1.09. The van der Waals surface area contributed by atoms with Gasteiger partial charge in [0.25, 0.3) is 0 Å². The highest BCUT2D eigenvalue weighted by Crippen LogP contribution is 2.36. The van der Waals surface area contributed by atoms with E-state index in [1.54, 1.807) is 6.26 Å². The second-order valence-electron chi connectivity index (χ2n) is 5.17. The fraction of sp³-hybridized carbons (Fsp3) is 0.176. The number of hydrogen-bond acceptors (Lipinski definition) is 3. The van der Waals surface area contributed by atoms with E-state index in [0.717, 1.165) is 28.0 Å². The molecule has 1 heterocycles. The van der Waals surface area contributed by atoms with Crippen molar-refractivity contribution in [3.05, 3.63) is 53.8 Å². The van der Waals surface area contributed by atoms with Crippen molar-refractivity contribution in [2.45, 2.75) is 13.8 Å². The topological polar surface area (TPSA) is 42.4 Å². The third-order valence-electron chi connectivity index (χ3n) is 3.83. The van der Waals surface area contributed by atoms with Crippen LogP contribution in [0.25, 0.3) is 11.0 Å². The van der Waals surface area contributed by atoms with Crippen LogP contribution in [-0.4, -0.2) is 7.05 Å². The molecule has 3 nitrogen and oxygen atoms in total. The molecule has 0 aliphatic rings. The highest BCUT2D eigenvalue weighted by atomic mass is 16.3. The Bertz CT molecular complexity index is 774. The summed E-state index contributed by atoms with van der Waals surface area (Å²) in [5.74, 6) is 0. The van der Waals surface area contributed by atoms with Gasteiger partial charge in [-0.05, 0) is 49.2 Å². The third kappa shape index (κ3) is 1.92. The van der Waals surface area contributed by atoms with Gasteiger partial charge < -0.3 is 15.1 Å². The summed E-state index contributed by atoms with van der Waals surface area (Å²) >= 11 is 0. The molecule has 102 valence electrons. The largest absolute Gasteiger partial charge is 0.462 e. The van der Waals surface area contributed by atoms with Crippen LogP contribution < -0.4 is 10.6 Å². The minimum Gasteiger partial charge on any atom is -0.462 e. The maximum atomic E-state index is 6.17. The average Bonchev–Trinajstić information content (AvgIpc) is 2.86. The van der Waals surface area contributed by atoms with Crippen molar-refractivity contribution in [2.75, 3.05) is 17.7 Å². The number of benzene rings is 2. The number of fused-ring (bicyclic) bond motifs is 1. The van der Waals surface area contributed by atoms with Gasteiger partial charge in [-0.3, -0.25) is 0 Å². The summed E-state index contributed by atoms with van der Waals surface area (Å²) in [4.78, 5) is 2.08. The number of para-hydroxylation sites is 1. The van der Waals surface area contributed by atoms with E-state index in [2.05, 4.69) is 30.9 Å². The number of nitrogen functional groups attached to an aromatic ring is 1. The van der Waals surface area contributed by atoms with Crippen molar-refractivity contribution < 1.29 is 4.42 Å². The van der Waals surface area contributed by atoms with Gasteiger partial charge in [0, 0.05) is 12.4 Å². The van der Waals surface area contributed by atoms with Gasteiger partial charge in [-0.15, -0.1) is 0 Å². The molecule has 0 atom stereocenters. The second kappa shape index (κ2) is 4.60. The maximum absolute atomic E-state index is 6.17. The van der Waals surface area contributed by atoms with E-state index < -0.39 is 0 Å². The van der Waals surface area contributed by atoms with E-state index in [9.17, 15) is 0 Å². The van der Waals surface area contributed by atoms with Crippen LogP contribution in [0.15, 0.2) is 47.1 Å². The first-order chi connectivity index (χ1) is 9.58. The lowest BCUT2D eigenvalue weighted by molar-refractivity contribution is 0.616. The van der Waals surface area contributed by atoms with Crippen LogP contribution in [0.3, 0.4) is 0 Å². The molecule has 0 aliphatic carbocycles. The smallest absolute Gasteiger partial charge is 0.136 e. The molecule has 0 fully saturated rings. The predicted molar refractivity (Wildman–Crippen MR) is 84.6 cm³/mol. The van der Waals surface area contributed by atoms with Crippen LogP contribution >= 0.6 is 0 Å². The summed E-state index contributed by atoms with van der Waals surface area (Å²) in [6.45, 7) is 4.17. The van der Waals surface area contributed by atoms with Crippen LogP contribution in [0.1, 0.15) is 11.1 Å². The van der Waals surface area contributed by atoms with Gasteiger partial charge >= 0.3 is 0 Å². The lowest BCUT2D eigenvalue weighted by atomic mass is 10.1. The number of anilines is 3. The molecule has 0 amide bonds. The molecule has 3 rings (SSSR count). The summed E-state index contributed by atoms with van der Waals surface area (Å²) < 4.78 is 5.60.